The molecule has 2 heterocycles. The molecule has 0 bridgehead atoms. The van der Waals surface area contributed by atoms with Gasteiger partial charge < -0.3 is 14.5 Å². The summed E-state index contributed by atoms with van der Waals surface area (Å²) in [4.78, 5) is 0. The van der Waals surface area contributed by atoms with E-state index in [0.29, 0.717) is 12.5 Å². The smallest absolute Gasteiger partial charge is 0.212 e. The minimum atomic E-state index is 0.421. The van der Waals surface area contributed by atoms with Crippen molar-refractivity contribution in [1.82, 2.24) is 15.1 Å². The Morgan fingerprint density at radius 1 is 1.33 bits per heavy atom. The number of nitrogens with zero attached hydrogens (tertiary/aromatic N) is 2. The van der Waals surface area contributed by atoms with E-state index in [1.807, 2.05) is 27.0 Å². The van der Waals surface area contributed by atoms with Gasteiger partial charge in [-0.25, -0.2) is 4.68 Å². The molecule has 0 amide bonds. The van der Waals surface area contributed by atoms with Crippen molar-refractivity contribution in [3.05, 3.63) is 34.9 Å². The summed E-state index contributed by atoms with van der Waals surface area (Å²) in [5.74, 6) is 3.19. The fourth-order valence-corrected chi connectivity index (χ4v) is 2.20. The molecule has 0 aromatic carbocycles. The Balaban J connectivity index is 1.91. The van der Waals surface area contributed by atoms with Crippen LogP contribution < -0.4 is 10.1 Å². The molecule has 116 valence electrons. The van der Waals surface area contributed by atoms with Gasteiger partial charge in [0.15, 0.2) is 0 Å². The Hall–Kier alpha value is -1.75. The van der Waals surface area contributed by atoms with E-state index >= 15 is 0 Å². The second-order valence-corrected chi connectivity index (χ2v) is 5.86. The van der Waals surface area contributed by atoms with Gasteiger partial charge in [0, 0.05) is 25.2 Å². The van der Waals surface area contributed by atoms with Crippen molar-refractivity contribution in [3.8, 4) is 5.88 Å². The number of hydrogen-bond donors (Lipinski definition) is 1. The van der Waals surface area contributed by atoms with Crippen LogP contribution in [0.3, 0.4) is 0 Å². The Bertz CT molecular complexity index is 584. The van der Waals surface area contributed by atoms with Crippen molar-refractivity contribution < 1.29 is 9.15 Å². The highest BCUT2D eigenvalue weighted by Gasteiger charge is 2.09. The van der Waals surface area contributed by atoms with E-state index in [1.54, 1.807) is 4.68 Å². The van der Waals surface area contributed by atoms with Gasteiger partial charge in [-0.1, -0.05) is 13.8 Å². The van der Waals surface area contributed by atoms with Crippen molar-refractivity contribution in [1.29, 1.82) is 0 Å². The third kappa shape index (κ3) is 4.36. The lowest BCUT2D eigenvalue weighted by atomic mass is 10.2. The van der Waals surface area contributed by atoms with Gasteiger partial charge in [0.05, 0.1) is 5.69 Å². The molecule has 2 aromatic heterocycles. The van der Waals surface area contributed by atoms with Gasteiger partial charge in [-0.3, -0.25) is 0 Å². The molecule has 1 N–H and O–H groups in total. The molecular weight excluding hydrogens is 266 g/mol. The van der Waals surface area contributed by atoms with E-state index in [9.17, 15) is 0 Å². The van der Waals surface area contributed by atoms with Crippen molar-refractivity contribution in [2.75, 3.05) is 6.54 Å². The minimum Gasteiger partial charge on any atom is -0.470 e. The molecular formula is C16H25N3O2. The molecule has 2 aromatic rings. The van der Waals surface area contributed by atoms with Crippen LogP contribution in [0.25, 0.3) is 0 Å². The van der Waals surface area contributed by atoms with Crippen LogP contribution in [0, 0.1) is 19.8 Å². The molecule has 0 radical (unpaired) electrons. The van der Waals surface area contributed by atoms with Crippen LogP contribution in [0.4, 0.5) is 0 Å². The monoisotopic (exact) mass is 291 g/mol. The summed E-state index contributed by atoms with van der Waals surface area (Å²) in [6.45, 7) is 10.6. The van der Waals surface area contributed by atoms with Crippen LogP contribution in [0.15, 0.2) is 16.5 Å². The average Bonchev–Trinajstić information content (AvgIpc) is 2.90. The maximum absolute atomic E-state index is 5.75. The SMILES string of the molecule is Cc1cc(OCc2cc(CNCC(C)C)c(C)o2)n(C)n1. The van der Waals surface area contributed by atoms with Crippen molar-refractivity contribution in [2.45, 2.75) is 40.8 Å². The van der Waals surface area contributed by atoms with Crippen LogP contribution in [0.1, 0.15) is 36.6 Å². The zero-order chi connectivity index (χ0) is 15.4. The van der Waals surface area contributed by atoms with Gasteiger partial charge in [0.25, 0.3) is 0 Å². The molecule has 0 aliphatic rings. The average molecular weight is 291 g/mol. The third-order valence-corrected chi connectivity index (χ3v) is 3.26. The Morgan fingerprint density at radius 3 is 2.71 bits per heavy atom. The predicted octanol–water partition coefficient (Wildman–Crippen LogP) is 2.95. The van der Waals surface area contributed by atoms with Gasteiger partial charge >= 0.3 is 0 Å². The molecule has 0 aliphatic heterocycles. The fourth-order valence-electron chi connectivity index (χ4n) is 2.20. The van der Waals surface area contributed by atoms with E-state index in [2.05, 4.69) is 30.3 Å². The molecule has 0 fully saturated rings. The Morgan fingerprint density at radius 2 is 2.10 bits per heavy atom. The molecule has 0 unspecified atom stereocenters. The summed E-state index contributed by atoms with van der Waals surface area (Å²) in [5, 5.41) is 7.68. The van der Waals surface area contributed by atoms with E-state index in [0.717, 1.165) is 36.2 Å². The lowest BCUT2D eigenvalue weighted by molar-refractivity contribution is 0.247. The molecule has 2 rings (SSSR count). The van der Waals surface area contributed by atoms with E-state index < -0.39 is 0 Å². The number of furan rings is 1. The summed E-state index contributed by atoms with van der Waals surface area (Å²) in [6, 6.07) is 3.98. The van der Waals surface area contributed by atoms with Crippen LogP contribution in [-0.4, -0.2) is 16.3 Å². The summed E-state index contributed by atoms with van der Waals surface area (Å²) in [7, 11) is 1.87. The molecule has 5 heteroatoms. The summed E-state index contributed by atoms with van der Waals surface area (Å²) in [6.07, 6.45) is 0. The van der Waals surface area contributed by atoms with Crippen LogP contribution >= 0.6 is 0 Å². The standard InChI is InChI=1S/C16H25N3O2/c1-11(2)8-17-9-14-7-15(21-13(14)4)10-20-16-6-12(3)18-19(16)5/h6-7,11,17H,8-10H2,1-5H3. The Labute approximate surface area is 126 Å². The largest absolute Gasteiger partial charge is 0.470 e. The highest BCUT2D eigenvalue weighted by molar-refractivity contribution is 5.21. The number of hydrogen-bond acceptors (Lipinski definition) is 4. The second-order valence-electron chi connectivity index (χ2n) is 5.86. The van der Waals surface area contributed by atoms with Crippen molar-refractivity contribution in [3.63, 3.8) is 0 Å². The minimum absolute atomic E-state index is 0.421. The number of ether oxygens (including phenoxy) is 1. The summed E-state index contributed by atoms with van der Waals surface area (Å²) >= 11 is 0. The zero-order valence-corrected chi connectivity index (χ0v) is 13.6. The third-order valence-electron chi connectivity index (χ3n) is 3.26. The fraction of sp³-hybridized carbons (Fsp3) is 0.562. The maximum atomic E-state index is 5.75. The molecule has 0 saturated carbocycles. The molecule has 5 nitrogen and oxygen atoms in total. The first-order valence-corrected chi connectivity index (χ1v) is 7.38. The van der Waals surface area contributed by atoms with Gasteiger partial charge in [0.1, 0.15) is 18.1 Å². The van der Waals surface area contributed by atoms with Crippen LogP contribution in [-0.2, 0) is 20.2 Å². The normalized spacial score (nSPS) is 11.3. The maximum Gasteiger partial charge on any atom is 0.212 e. The molecule has 0 aliphatic carbocycles. The van der Waals surface area contributed by atoms with Crippen molar-refractivity contribution >= 4 is 0 Å². The van der Waals surface area contributed by atoms with Crippen LogP contribution in [0.5, 0.6) is 5.88 Å². The Kier molecular flexibility index (Phi) is 5.07. The van der Waals surface area contributed by atoms with E-state index in [-0.39, 0.29) is 0 Å². The lowest BCUT2D eigenvalue weighted by Crippen LogP contribution is -2.18. The number of rotatable bonds is 7. The number of nitrogens with one attached hydrogen (secondary N) is 1. The van der Waals surface area contributed by atoms with Gasteiger partial charge in [-0.2, -0.15) is 5.10 Å². The zero-order valence-electron chi connectivity index (χ0n) is 13.6. The van der Waals surface area contributed by atoms with E-state index in [1.165, 1.54) is 5.56 Å². The van der Waals surface area contributed by atoms with Crippen LogP contribution in [0.2, 0.25) is 0 Å². The van der Waals surface area contributed by atoms with Gasteiger partial charge in [-0.15, -0.1) is 0 Å². The first-order valence-electron chi connectivity index (χ1n) is 7.38. The molecule has 0 saturated heterocycles. The van der Waals surface area contributed by atoms with Gasteiger partial charge in [0.2, 0.25) is 5.88 Å². The highest BCUT2D eigenvalue weighted by atomic mass is 16.5. The number of aromatic nitrogens is 2. The molecule has 0 spiro atoms. The summed E-state index contributed by atoms with van der Waals surface area (Å²) in [5.41, 5.74) is 2.14. The first-order chi connectivity index (χ1) is 9.95. The second kappa shape index (κ2) is 6.80. The summed E-state index contributed by atoms with van der Waals surface area (Å²) < 4.78 is 13.2. The molecule has 0 atom stereocenters. The topological polar surface area (TPSA) is 52.2 Å². The quantitative estimate of drug-likeness (QED) is 0.852. The van der Waals surface area contributed by atoms with E-state index in [4.69, 9.17) is 9.15 Å². The lowest BCUT2D eigenvalue weighted by Gasteiger charge is -2.05. The first kappa shape index (κ1) is 15.6. The number of aryl methyl sites for hydroxylation is 3. The molecule has 21 heavy (non-hydrogen) atoms. The highest BCUT2D eigenvalue weighted by Crippen LogP contribution is 2.18. The van der Waals surface area contributed by atoms with Crippen molar-refractivity contribution in [2.24, 2.45) is 13.0 Å². The van der Waals surface area contributed by atoms with Gasteiger partial charge in [-0.05, 0) is 32.4 Å². The predicted molar refractivity (Wildman–Crippen MR) is 82.3 cm³/mol.